The lowest BCUT2D eigenvalue weighted by Gasteiger charge is -2.07. The molecule has 0 fully saturated rings. The summed E-state index contributed by atoms with van der Waals surface area (Å²) in [6, 6.07) is 0. The van der Waals surface area contributed by atoms with Crippen LogP contribution in [0.5, 0.6) is 0 Å². The third-order valence-corrected chi connectivity index (χ3v) is 2.84. The van der Waals surface area contributed by atoms with E-state index in [9.17, 15) is 5.11 Å². The number of aromatic nitrogens is 2. The molecular formula is C10H17ClN2O. The van der Waals surface area contributed by atoms with Crippen LogP contribution in [0.25, 0.3) is 0 Å². The third kappa shape index (κ3) is 2.28. The van der Waals surface area contributed by atoms with Crippen LogP contribution in [-0.4, -0.2) is 21.0 Å². The quantitative estimate of drug-likeness (QED) is 0.836. The Balaban J connectivity index is 2.90. The Labute approximate surface area is 89.7 Å². The van der Waals surface area contributed by atoms with Crippen LogP contribution in [0.3, 0.4) is 0 Å². The number of nitrogens with zero attached hydrogens (tertiary/aromatic N) is 2. The maximum Gasteiger partial charge on any atom is 0.0850 e. The zero-order valence-corrected chi connectivity index (χ0v) is 9.67. The van der Waals surface area contributed by atoms with Crippen LogP contribution in [0.15, 0.2) is 0 Å². The summed E-state index contributed by atoms with van der Waals surface area (Å²) in [7, 11) is 1.86. The Morgan fingerprint density at radius 3 is 2.57 bits per heavy atom. The SMILES string of the molecule is CCc1nn(C)c(CC(O)CC)c1Cl. The smallest absolute Gasteiger partial charge is 0.0850 e. The zero-order valence-electron chi connectivity index (χ0n) is 8.92. The van der Waals surface area contributed by atoms with Crippen LogP contribution in [-0.2, 0) is 19.9 Å². The molecule has 0 amide bonds. The van der Waals surface area contributed by atoms with Gasteiger partial charge in [-0.25, -0.2) is 0 Å². The predicted molar refractivity (Wildman–Crippen MR) is 57.6 cm³/mol. The highest BCUT2D eigenvalue weighted by molar-refractivity contribution is 6.31. The number of hydrogen-bond donors (Lipinski definition) is 1. The van der Waals surface area contributed by atoms with Gasteiger partial charge in [-0.3, -0.25) is 4.68 Å². The average Bonchev–Trinajstić information content (AvgIpc) is 2.44. The number of aliphatic hydroxyl groups excluding tert-OH is 1. The monoisotopic (exact) mass is 216 g/mol. The standard InChI is InChI=1S/C10H17ClN2O/c1-4-7(14)6-9-10(11)8(5-2)12-13(9)3/h7,14H,4-6H2,1-3H3. The molecule has 1 rings (SSSR count). The minimum Gasteiger partial charge on any atom is -0.393 e. The van der Waals surface area contributed by atoms with Gasteiger partial charge < -0.3 is 5.11 Å². The summed E-state index contributed by atoms with van der Waals surface area (Å²) in [6.07, 6.45) is 1.82. The number of aryl methyl sites for hydroxylation is 2. The molecule has 0 spiro atoms. The number of hydrogen-bond acceptors (Lipinski definition) is 2. The second-order valence-corrected chi connectivity index (χ2v) is 3.83. The molecule has 4 heteroatoms. The van der Waals surface area contributed by atoms with E-state index < -0.39 is 0 Å². The fourth-order valence-corrected chi connectivity index (χ4v) is 1.78. The van der Waals surface area contributed by atoms with E-state index in [0.717, 1.165) is 24.2 Å². The molecule has 0 aromatic carbocycles. The van der Waals surface area contributed by atoms with Crippen LogP contribution >= 0.6 is 11.6 Å². The first-order valence-corrected chi connectivity index (χ1v) is 5.36. The van der Waals surface area contributed by atoms with Crippen molar-refractivity contribution in [1.82, 2.24) is 9.78 Å². The lowest BCUT2D eigenvalue weighted by Crippen LogP contribution is -2.12. The van der Waals surface area contributed by atoms with E-state index in [1.807, 2.05) is 20.9 Å². The molecule has 0 radical (unpaired) electrons. The van der Waals surface area contributed by atoms with E-state index in [1.54, 1.807) is 4.68 Å². The maximum atomic E-state index is 9.54. The first-order valence-electron chi connectivity index (χ1n) is 4.98. The minimum atomic E-state index is -0.326. The van der Waals surface area contributed by atoms with Gasteiger partial charge in [0, 0.05) is 13.5 Å². The molecule has 1 unspecified atom stereocenters. The largest absolute Gasteiger partial charge is 0.393 e. The zero-order chi connectivity index (χ0) is 10.7. The normalized spacial score (nSPS) is 13.2. The number of halogens is 1. The lowest BCUT2D eigenvalue weighted by atomic mass is 10.1. The lowest BCUT2D eigenvalue weighted by molar-refractivity contribution is 0.168. The van der Waals surface area contributed by atoms with E-state index >= 15 is 0 Å². The van der Waals surface area contributed by atoms with Crippen LogP contribution in [0.2, 0.25) is 5.02 Å². The van der Waals surface area contributed by atoms with Crippen molar-refractivity contribution in [2.24, 2.45) is 7.05 Å². The fourth-order valence-electron chi connectivity index (χ4n) is 1.41. The summed E-state index contributed by atoms with van der Waals surface area (Å²) in [5, 5.41) is 14.5. The Bertz CT molecular complexity index is 309. The molecule has 0 saturated heterocycles. The average molecular weight is 217 g/mol. The van der Waals surface area contributed by atoms with Gasteiger partial charge in [0.15, 0.2) is 0 Å². The van der Waals surface area contributed by atoms with Crippen LogP contribution in [0.4, 0.5) is 0 Å². The molecule has 3 nitrogen and oxygen atoms in total. The van der Waals surface area contributed by atoms with E-state index in [4.69, 9.17) is 11.6 Å². The first-order chi connectivity index (χ1) is 6.60. The van der Waals surface area contributed by atoms with Gasteiger partial charge in [0.1, 0.15) is 0 Å². The summed E-state index contributed by atoms with van der Waals surface area (Å²) < 4.78 is 1.76. The molecule has 1 heterocycles. The van der Waals surface area contributed by atoms with Gasteiger partial charge in [-0.05, 0) is 12.8 Å². The van der Waals surface area contributed by atoms with Gasteiger partial charge in [0.05, 0.1) is 22.5 Å². The van der Waals surface area contributed by atoms with Crippen LogP contribution < -0.4 is 0 Å². The molecule has 0 saturated carbocycles. The second-order valence-electron chi connectivity index (χ2n) is 3.45. The number of rotatable bonds is 4. The van der Waals surface area contributed by atoms with E-state index in [1.165, 1.54) is 0 Å². The molecule has 1 N–H and O–H groups in total. The maximum absolute atomic E-state index is 9.54. The highest BCUT2D eigenvalue weighted by atomic mass is 35.5. The highest BCUT2D eigenvalue weighted by Gasteiger charge is 2.15. The molecule has 0 aliphatic heterocycles. The third-order valence-electron chi connectivity index (χ3n) is 2.40. The van der Waals surface area contributed by atoms with E-state index in [2.05, 4.69) is 5.10 Å². The Morgan fingerprint density at radius 1 is 1.50 bits per heavy atom. The summed E-state index contributed by atoms with van der Waals surface area (Å²) in [6.45, 7) is 3.98. The summed E-state index contributed by atoms with van der Waals surface area (Å²) in [5.41, 5.74) is 1.84. The molecule has 1 atom stereocenters. The van der Waals surface area contributed by atoms with Crippen LogP contribution in [0, 0.1) is 0 Å². The van der Waals surface area contributed by atoms with Crippen molar-refractivity contribution in [2.75, 3.05) is 0 Å². The van der Waals surface area contributed by atoms with Crippen molar-refractivity contribution in [3.8, 4) is 0 Å². The van der Waals surface area contributed by atoms with Gasteiger partial charge in [-0.15, -0.1) is 0 Å². The molecule has 14 heavy (non-hydrogen) atoms. The molecule has 0 aliphatic rings. The minimum absolute atomic E-state index is 0.326. The van der Waals surface area contributed by atoms with Crippen molar-refractivity contribution in [3.63, 3.8) is 0 Å². The van der Waals surface area contributed by atoms with E-state index in [-0.39, 0.29) is 6.10 Å². The summed E-state index contributed by atoms with van der Waals surface area (Å²) >= 11 is 6.14. The van der Waals surface area contributed by atoms with Gasteiger partial charge in [-0.2, -0.15) is 5.10 Å². The van der Waals surface area contributed by atoms with Gasteiger partial charge in [0.25, 0.3) is 0 Å². The van der Waals surface area contributed by atoms with Crippen molar-refractivity contribution in [1.29, 1.82) is 0 Å². The highest BCUT2D eigenvalue weighted by Crippen LogP contribution is 2.22. The molecule has 1 aromatic heterocycles. The molecule has 1 aromatic rings. The molecule has 80 valence electrons. The molecule has 0 aliphatic carbocycles. The summed E-state index contributed by atoms with van der Waals surface area (Å²) in [5.74, 6) is 0. The molecule has 0 bridgehead atoms. The van der Waals surface area contributed by atoms with Gasteiger partial charge in [0.2, 0.25) is 0 Å². The van der Waals surface area contributed by atoms with Crippen molar-refractivity contribution in [3.05, 3.63) is 16.4 Å². The fraction of sp³-hybridized carbons (Fsp3) is 0.700. The summed E-state index contributed by atoms with van der Waals surface area (Å²) in [4.78, 5) is 0. The van der Waals surface area contributed by atoms with Crippen LogP contribution in [0.1, 0.15) is 31.7 Å². The van der Waals surface area contributed by atoms with Gasteiger partial charge >= 0.3 is 0 Å². The topological polar surface area (TPSA) is 38.0 Å². The second kappa shape index (κ2) is 4.80. The van der Waals surface area contributed by atoms with Crippen molar-refractivity contribution < 1.29 is 5.11 Å². The molecular weight excluding hydrogens is 200 g/mol. The Kier molecular flexibility index (Phi) is 3.96. The first kappa shape index (κ1) is 11.5. The van der Waals surface area contributed by atoms with Crippen molar-refractivity contribution in [2.45, 2.75) is 39.2 Å². The Morgan fingerprint density at radius 2 is 2.14 bits per heavy atom. The number of aliphatic hydroxyl groups is 1. The Hall–Kier alpha value is -0.540. The van der Waals surface area contributed by atoms with Gasteiger partial charge in [-0.1, -0.05) is 25.4 Å². The van der Waals surface area contributed by atoms with Crippen molar-refractivity contribution >= 4 is 11.6 Å². The predicted octanol–water partition coefficient (Wildman–Crippen LogP) is 1.95. The van der Waals surface area contributed by atoms with E-state index in [0.29, 0.717) is 11.4 Å².